The molecule has 2 rings (SSSR count). The zero-order valence-corrected chi connectivity index (χ0v) is 19.9. The largest absolute Gasteiger partial charge is 0.352 e. The summed E-state index contributed by atoms with van der Waals surface area (Å²) in [6.07, 6.45) is 0.828. The molecule has 0 aliphatic rings. The molecule has 7 heteroatoms. The summed E-state index contributed by atoms with van der Waals surface area (Å²) in [5.41, 5.74) is 1.87. The minimum Gasteiger partial charge on any atom is -0.352 e. The summed E-state index contributed by atoms with van der Waals surface area (Å²) < 4.78 is 0. The Balaban J connectivity index is 2.09. The van der Waals surface area contributed by atoms with Gasteiger partial charge in [-0.25, -0.2) is 0 Å². The Morgan fingerprint density at radius 3 is 2.50 bits per heavy atom. The summed E-state index contributed by atoms with van der Waals surface area (Å²) in [4.78, 5) is 27.4. The minimum absolute atomic E-state index is 0.0534. The lowest BCUT2D eigenvalue weighted by Crippen LogP contribution is -2.50. The van der Waals surface area contributed by atoms with E-state index in [1.54, 1.807) is 17.9 Å². The maximum Gasteiger partial charge on any atom is 0.242 e. The molecule has 0 radical (unpaired) electrons. The number of halogens is 2. The number of hydrogen-bond acceptors (Lipinski definition) is 3. The molecule has 2 aromatic rings. The van der Waals surface area contributed by atoms with Gasteiger partial charge in [-0.05, 0) is 49.6 Å². The minimum atomic E-state index is -0.591. The van der Waals surface area contributed by atoms with Crippen molar-refractivity contribution < 1.29 is 9.59 Å². The van der Waals surface area contributed by atoms with Crippen LogP contribution in [0.5, 0.6) is 0 Å². The van der Waals surface area contributed by atoms with Crippen LogP contribution in [0.3, 0.4) is 0 Å². The Morgan fingerprint density at radius 1 is 1.10 bits per heavy atom. The van der Waals surface area contributed by atoms with Crippen LogP contribution >= 0.6 is 35.0 Å². The second-order valence-corrected chi connectivity index (χ2v) is 9.06. The lowest BCUT2D eigenvalue weighted by Gasteiger charge is -2.29. The van der Waals surface area contributed by atoms with Crippen LogP contribution in [-0.2, 0) is 21.9 Å². The van der Waals surface area contributed by atoms with Gasteiger partial charge in [0.25, 0.3) is 0 Å². The van der Waals surface area contributed by atoms with Gasteiger partial charge in [0, 0.05) is 28.4 Å². The molecule has 2 aromatic carbocycles. The number of carbonyl (C=O) groups excluding carboxylic acids is 2. The van der Waals surface area contributed by atoms with Crippen LogP contribution in [0, 0.1) is 0 Å². The summed E-state index contributed by atoms with van der Waals surface area (Å²) in [6.45, 7) is 6.04. The Kier molecular flexibility index (Phi) is 10.0. The molecule has 162 valence electrons. The molecule has 0 aliphatic heterocycles. The molecule has 0 fully saturated rings. The molecule has 0 aromatic heterocycles. The third-order valence-electron chi connectivity index (χ3n) is 4.85. The van der Waals surface area contributed by atoms with E-state index in [2.05, 4.69) is 5.32 Å². The van der Waals surface area contributed by atoms with Gasteiger partial charge in [-0.3, -0.25) is 9.59 Å². The Morgan fingerprint density at radius 2 is 1.83 bits per heavy atom. The van der Waals surface area contributed by atoms with Crippen molar-refractivity contribution in [2.45, 2.75) is 51.6 Å². The van der Waals surface area contributed by atoms with Crippen LogP contribution in [0.15, 0.2) is 48.5 Å². The van der Waals surface area contributed by atoms with E-state index in [1.807, 2.05) is 56.3 Å². The number of hydrogen-bond donors (Lipinski definition) is 1. The first-order valence-electron chi connectivity index (χ1n) is 9.97. The molecule has 0 saturated carbocycles. The van der Waals surface area contributed by atoms with Gasteiger partial charge in [-0.1, -0.05) is 60.5 Å². The molecule has 4 nitrogen and oxygen atoms in total. The summed E-state index contributed by atoms with van der Waals surface area (Å²) >= 11 is 13.8. The highest BCUT2D eigenvalue weighted by molar-refractivity contribution is 7.99. The normalized spacial score (nSPS) is 12.8. The SMILES string of the molecule is CC[C@H](C)NC(=O)[C@@H](C)N(Cc1cccc(Cl)c1)C(=O)CSCc1ccccc1Cl. The average Bonchev–Trinajstić information content (AvgIpc) is 2.72. The monoisotopic (exact) mass is 466 g/mol. The summed E-state index contributed by atoms with van der Waals surface area (Å²) in [5, 5.41) is 4.26. The molecular formula is C23H28Cl2N2O2S. The molecule has 0 bridgehead atoms. The third-order valence-corrected chi connectivity index (χ3v) is 6.42. The fourth-order valence-electron chi connectivity index (χ4n) is 2.83. The van der Waals surface area contributed by atoms with Gasteiger partial charge in [0.05, 0.1) is 5.75 Å². The maximum absolute atomic E-state index is 13.1. The molecule has 0 heterocycles. The molecule has 0 unspecified atom stereocenters. The number of thioether (sulfide) groups is 1. The van der Waals surface area contributed by atoms with Crippen molar-refractivity contribution in [3.63, 3.8) is 0 Å². The highest BCUT2D eigenvalue weighted by atomic mass is 35.5. The van der Waals surface area contributed by atoms with E-state index in [0.29, 0.717) is 22.3 Å². The van der Waals surface area contributed by atoms with Crippen molar-refractivity contribution >= 4 is 46.8 Å². The van der Waals surface area contributed by atoms with E-state index < -0.39 is 6.04 Å². The van der Waals surface area contributed by atoms with Crippen molar-refractivity contribution in [2.75, 3.05) is 5.75 Å². The highest BCUT2D eigenvalue weighted by Crippen LogP contribution is 2.22. The van der Waals surface area contributed by atoms with Gasteiger partial charge in [-0.2, -0.15) is 0 Å². The number of carbonyl (C=O) groups is 2. The van der Waals surface area contributed by atoms with E-state index in [1.165, 1.54) is 11.8 Å². The quantitative estimate of drug-likeness (QED) is 0.498. The van der Waals surface area contributed by atoms with Crippen molar-refractivity contribution in [3.8, 4) is 0 Å². The highest BCUT2D eigenvalue weighted by Gasteiger charge is 2.26. The van der Waals surface area contributed by atoms with Crippen LogP contribution in [-0.4, -0.2) is 34.6 Å². The van der Waals surface area contributed by atoms with Gasteiger partial charge < -0.3 is 10.2 Å². The standard InChI is InChI=1S/C23H28Cl2N2O2S/c1-4-16(2)26-23(29)17(3)27(13-18-8-7-10-20(24)12-18)22(28)15-30-14-19-9-5-6-11-21(19)25/h5-12,16-17H,4,13-15H2,1-3H3,(H,26,29)/t16-,17+/m0/s1. The maximum atomic E-state index is 13.1. The molecule has 0 spiro atoms. The zero-order valence-electron chi connectivity index (χ0n) is 17.5. The lowest BCUT2D eigenvalue weighted by molar-refractivity contribution is -0.138. The number of amides is 2. The number of nitrogens with zero attached hydrogens (tertiary/aromatic N) is 1. The van der Waals surface area contributed by atoms with E-state index in [-0.39, 0.29) is 23.6 Å². The zero-order chi connectivity index (χ0) is 22.1. The van der Waals surface area contributed by atoms with Crippen LogP contribution in [0.25, 0.3) is 0 Å². The summed E-state index contributed by atoms with van der Waals surface area (Å²) in [6, 6.07) is 14.4. The topological polar surface area (TPSA) is 49.4 Å². The molecule has 0 saturated heterocycles. The fraction of sp³-hybridized carbons (Fsp3) is 0.391. The number of nitrogens with one attached hydrogen (secondary N) is 1. The van der Waals surface area contributed by atoms with Crippen molar-refractivity contribution in [2.24, 2.45) is 0 Å². The van der Waals surface area contributed by atoms with Crippen LogP contribution in [0.1, 0.15) is 38.3 Å². The molecule has 0 aliphatic carbocycles. The molecule has 1 N–H and O–H groups in total. The first-order chi connectivity index (χ1) is 14.3. The average molecular weight is 467 g/mol. The van der Waals surface area contributed by atoms with E-state index in [9.17, 15) is 9.59 Å². The Hall–Kier alpha value is -1.69. The van der Waals surface area contributed by atoms with Crippen molar-refractivity contribution in [3.05, 3.63) is 69.7 Å². The second-order valence-electron chi connectivity index (χ2n) is 7.23. The van der Waals surface area contributed by atoms with Crippen LogP contribution in [0.2, 0.25) is 10.0 Å². The van der Waals surface area contributed by atoms with Gasteiger partial charge in [0.1, 0.15) is 6.04 Å². The Labute approximate surface area is 193 Å². The third kappa shape index (κ3) is 7.53. The van der Waals surface area contributed by atoms with Gasteiger partial charge in [0.15, 0.2) is 0 Å². The predicted molar refractivity (Wildman–Crippen MR) is 127 cm³/mol. The molecule has 2 amide bonds. The Bertz CT molecular complexity index is 863. The van der Waals surface area contributed by atoms with Gasteiger partial charge in [-0.15, -0.1) is 11.8 Å². The predicted octanol–water partition coefficient (Wildman–Crippen LogP) is 5.56. The molecular weight excluding hydrogens is 439 g/mol. The second kappa shape index (κ2) is 12.2. The smallest absolute Gasteiger partial charge is 0.242 e. The van der Waals surface area contributed by atoms with Crippen molar-refractivity contribution in [1.29, 1.82) is 0 Å². The van der Waals surface area contributed by atoms with Crippen LogP contribution < -0.4 is 5.32 Å². The first-order valence-corrected chi connectivity index (χ1v) is 11.9. The number of benzene rings is 2. The van der Waals surface area contributed by atoms with Gasteiger partial charge in [0.2, 0.25) is 11.8 Å². The summed E-state index contributed by atoms with van der Waals surface area (Å²) in [7, 11) is 0. The molecule has 2 atom stereocenters. The summed E-state index contributed by atoms with van der Waals surface area (Å²) in [5.74, 6) is 0.631. The first kappa shape index (κ1) is 24.6. The van der Waals surface area contributed by atoms with Crippen molar-refractivity contribution in [1.82, 2.24) is 10.2 Å². The van der Waals surface area contributed by atoms with E-state index in [0.717, 1.165) is 17.5 Å². The van der Waals surface area contributed by atoms with E-state index in [4.69, 9.17) is 23.2 Å². The lowest BCUT2D eigenvalue weighted by atomic mass is 10.1. The fourth-order valence-corrected chi connectivity index (χ4v) is 4.24. The van der Waals surface area contributed by atoms with Gasteiger partial charge >= 0.3 is 0 Å². The number of rotatable bonds is 10. The molecule has 30 heavy (non-hydrogen) atoms. The van der Waals surface area contributed by atoms with E-state index >= 15 is 0 Å². The van der Waals surface area contributed by atoms with Crippen LogP contribution in [0.4, 0.5) is 0 Å².